The topological polar surface area (TPSA) is 113 Å². The quantitative estimate of drug-likeness (QED) is 0.435. The van der Waals surface area contributed by atoms with E-state index in [0.717, 1.165) is 22.8 Å². The minimum atomic E-state index is -2.01. The third-order valence-electron chi connectivity index (χ3n) is 5.85. The maximum atomic E-state index is 13.2. The minimum Gasteiger partial charge on any atom is -0.481 e. The second-order valence-electron chi connectivity index (χ2n) is 7.81. The number of carbonyl (C=O) groups is 1. The van der Waals surface area contributed by atoms with Crippen molar-refractivity contribution < 1.29 is 28.8 Å². The Kier molecular flexibility index (Phi) is 4.71. The molecule has 1 N–H and O–H groups in total. The van der Waals surface area contributed by atoms with Crippen molar-refractivity contribution in [2.24, 2.45) is 0 Å². The van der Waals surface area contributed by atoms with E-state index in [4.69, 9.17) is 18.9 Å². The van der Waals surface area contributed by atoms with Crippen molar-refractivity contribution in [1.82, 2.24) is 13.7 Å². The zero-order chi connectivity index (χ0) is 23.3. The van der Waals surface area contributed by atoms with E-state index in [-0.39, 0.29) is 18.8 Å². The van der Waals surface area contributed by atoms with Crippen LogP contribution in [0.15, 0.2) is 60.3 Å². The summed E-state index contributed by atoms with van der Waals surface area (Å²) in [6.45, 7) is 0.0875. The summed E-state index contributed by atoms with van der Waals surface area (Å²) in [6.07, 6.45) is 1.84. The molecule has 9 nitrogen and oxygen atoms in total. The van der Waals surface area contributed by atoms with E-state index in [1.807, 2.05) is 6.07 Å². The Hall–Kier alpha value is -4.02. The number of fused-ring (bicyclic) bond motifs is 2. The number of rotatable bonds is 5. The molecule has 10 heteroatoms. The molecule has 2 aliphatic rings. The van der Waals surface area contributed by atoms with Crippen LogP contribution >= 0.6 is 11.7 Å². The van der Waals surface area contributed by atoms with Crippen LogP contribution in [0.25, 0.3) is 16.6 Å². The Bertz CT molecular complexity index is 1470. The molecule has 0 aliphatic carbocycles. The molecular formula is C24H17N3O6S. The third-order valence-corrected chi connectivity index (χ3v) is 6.41. The Morgan fingerprint density at radius 3 is 2.74 bits per heavy atom. The van der Waals surface area contributed by atoms with Gasteiger partial charge in [0.05, 0.1) is 24.4 Å². The molecule has 4 aromatic rings. The van der Waals surface area contributed by atoms with E-state index in [9.17, 15) is 9.90 Å². The van der Waals surface area contributed by atoms with Crippen LogP contribution in [0, 0.1) is 0 Å². The largest absolute Gasteiger partial charge is 0.481 e. The van der Waals surface area contributed by atoms with E-state index < -0.39 is 11.8 Å². The summed E-state index contributed by atoms with van der Waals surface area (Å²) in [6, 6.07) is 13.8. The summed E-state index contributed by atoms with van der Waals surface area (Å²) in [4.78, 5) is 17.5. The van der Waals surface area contributed by atoms with Gasteiger partial charge in [0.2, 0.25) is 12.7 Å². The maximum absolute atomic E-state index is 13.2. The average molecular weight is 475 g/mol. The van der Waals surface area contributed by atoms with Crippen molar-refractivity contribution in [2.75, 3.05) is 13.9 Å². The van der Waals surface area contributed by atoms with Gasteiger partial charge in [-0.15, -0.1) is 0 Å². The van der Waals surface area contributed by atoms with Gasteiger partial charge in [-0.25, -0.2) is 9.78 Å². The average Bonchev–Trinajstić information content (AvgIpc) is 3.57. The lowest BCUT2D eigenvalue weighted by Crippen LogP contribution is -2.29. The van der Waals surface area contributed by atoms with Gasteiger partial charge in [-0.3, -0.25) is 0 Å². The molecule has 0 saturated heterocycles. The van der Waals surface area contributed by atoms with Crippen LogP contribution in [0.4, 0.5) is 0 Å². The SMILES string of the molecule is COc1ccc(CC2=C(c3ccc4nsnc4c3)C(=O)OC2(O)c2ccc3c(c2)OCO3)cn1. The van der Waals surface area contributed by atoms with E-state index in [1.165, 1.54) is 7.11 Å². The van der Waals surface area contributed by atoms with Crippen molar-refractivity contribution >= 4 is 34.3 Å². The summed E-state index contributed by atoms with van der Waals surface area (Å²) in [7, 11) is 1.54. The minimum absolute atomic E-state index is 0.0875. The zero-order valence-corrected chi connectivity index (χ0v) is 18.7. The molecule has 6 rings (SSSR count). The molecule has 0 saturated carbocycles. The molecule has 170 valence electrons. The van der Waals surface area contributed by atoms with Crippen molar-refractivity contribution in [1.29, 1.82) is 0 Å². The highest BCUT2D eigenvalue weighted by Crippen LogP contribution is 2.47. The number of cyclic esters (lactones) is 1. The van der Waals surface area contributed by atoms with E-state index in [1.54, 1.807) is 48.7 Å². The van der Waals surface area contributed by atoms with Gasteiger partial charge < -0.3 is 24.1 Å². The van der Waals surface area contributed by atoms with E-state index in [0.29, 0.717) is 39.6 Å². The van der Waals surface area contributed by atoms with Crippen LogP contribution in [-0.2, 0) is 21.7 Å². The number of aliphatic hydroxyl groups is 1. The second-order valence-corrected chi connectivity index (χ2v) is 8.34. The van der Waals surface area contributed by atoms with Crippen LogP contribution in [0.2, 0.25) is 0 Å². The number of ether oxygens (including phenoxy) is 4. The lowest BCUT2D eigenvalue weighted by Gasteiger charge is -2.26. The molecule has 34 heavy (non-hydrogen) atoms. The van der Waals surface area contributed by atoms with Crippen molar-refractivity contribution in [3.8, 4) is 17.4 Å². The molecule has 0 spiro atoms. The number of carbonyl (C=O) groups excluding carboxylic acids is 1. The molecule has 1 unspecified atom stereocenters. The summed E-state index contributed by atoms with van der Waals surface area (Å²) < 4.78 is 30.1. The molecule has 0 radical (unpaired) electrons. The molecule has 2 aliphatic heterocycles. The molecule has 0 bridgehead atoms. The number of methoxy groups -OCH3 is 1. The highest BCUT2D eigenvalue weighted by Gasteiger charge is 2.48. The van der Waals surface area contributed by atoms with Gasteiger partial charge in [-0.2, -0.15) is 8.75 Å². The molecule has 2 aromatic carbocycles. The van der Waals surface area contributed by atoms with Gasteiger partial charge >= 0.3 is 5.97 Å². The van der Waals surface area contributed by atoms with Crippen LogP contribution in [0.5, 0.6) is 17.4 Å². The molecule has 0 fully saturated rings. The lowest BCUT2D eigenvalue weighted by molar-refractivity contribution is -0.185. The second kappa shape index (κ2) is 7.79. The Morgan fingerprint density at radius 1 is 1.06 bits per heavy atom. The molecule has 2 aromatic heterocycles. The Balaban J connectivity index is 1.52. The van der Waals surface area contributed by atoms with Gasteiger partial charge in [0.15, 0.2) is 11.5 Å². The fourth-order valence-corrected chi connectivity index (χ4v) is 4.68. The fourth-order valence-electron chi connectivity index (χ4n) is 4.16. The number of aromatic nitrogens is 3. The van der Waals surface area contributed by atoms with Crippen LogP contribution in [-0.4, -0.2) is 38.7 Å². The summed E-state index contributed by atoms with van der Waals surface area (Å²) >= 11 is 1.09. The van der Waals surface area contributed by atoms with Crippen molar-refractivity contribution in [3.05, 3.63) is 77.0 Å². The standard InChI is InChI=1S/C24H17N3O6S/c1-30-21-7-2-13(11-25-21)8-16-22(14-3-5-17-18(9-14)27-34-26-17)23(28)33-24(16,29)15-4-6-19-20(10-15)32-12-31-19/h2-7,9-11,29H,8,12H2,1H3. The van der Waals surface area contributed by atoms with E-state index in [2.05, 4.69) is 13.7 Å². The first-order chi connectivity index (χ1) is 16.5. The number of nitrogens with zero attached hydrogens (tertiary/aromatic N) is 3. The number of benzene rings is 2. The van der Waals surface area contributed by atoms with Gasteiger partial charge in [0.25, 0.3) is 5.79 Å². The number of hydrogen-bond acceptors (Lipinski definition) is 10. The van der Waals surface area contributed by atoms with Gasteiger partial charge in [0.1, 0.15) is 11.0 Å². The monoisotopic (exact) mass is 475 g/mol. The fraction of sp³-hybridized carbons (Fsp3) is 0.167. The Labute approximate surface area is 197 Å². The van der Waals surface area contributed by atoms with Crippen molar-refractivity contribution in [2.45, 2.75) is 12.2 Å². The summed E-state index contributed by atoms with van der Waals surface area (Å²) in [5, 5.41) is 11.8. The molecule has 0 amide bonds. The van der Waals surface area contributed by atoms with Gasteiger partial charge in [0, 0.05) is 29.8 Å². The predicted octanol–water partition coefficient (Wildman–Crippen LogP) is 3.22. The van der Waals surface area contributed by atoms with Crippen LogP contribution in [0.3, 0.4) is 0 Å². The first kappa shape index (κ1) is 20.6. The Morgan fingerprint density at radius 2 is 1.91 bits per heavy atom. The first-order valence-electron chi connectivity index (χ1n) is 10.4. The molecular weight excluding hydrogens is 458 g/mol. The molecule has 4 heterocycles. The normalized spacial score (nSPS) is 19.1. The van der Waals surface area contributed by atoms with Crippen molar-refractivity contribution in [3.63, 3.8) is 0 Å². The predicted molar refractivity (Wildman–Crippen MR) is 121 cm³/mol. The smallest absolute Gasteiger partial charge is 0.342 e. The number of esters is 1. The van der Waals surface area contributed by atoms with Gasteiger partial charge in [-0.05, 0) is 41.5 Å². The first-order valence-corrected chi connectivity index (χ1v) is 11.1. The highest BCUT2D eigenvalue weighted by molar-refractivity contribution is 7.00. The van der Waals surface area contributed by atoms with E-state index >= 15 is 0 Å². The molecule has 1 atom stereocenters. The maximum Gasteiger partial charge on any atom is 0.342 e. The van der Waals surface area contributed by atoms with Crippen LogP contribution in [0.1, 0.15) is 16.7 Å². The summed E-state index contributed by atoms with van der Waals surface area (Å²) in [5.41, 5.74) is 3.74. The highest BCUT2D eigenvalue weighted by atomic mass is 32.1. The van der Waals surface area contributed by atoms with Crippen LogP contribution < -0.4 is 14.2 Å². The zero-order valence-electron chi connectivity index (χ0n) is 17.8. The number of pyridine rings is 1. The lowest BCUT2D eigenvalue weighted by atomic mass is 9.88. The summed E-state index contributed by atoms with van der Waals surface area (Å²) in [5.74, 6) is -1.16. The third kappa shape index (κ3) is 3.27. The number of hydrogen-bond donors (Lipinski definition) is 1. The van der Waals surface area contributed by atoms with Gasteiger partial charge in [-0.1, -0.05) is 12.1 Å².